The molecular formula is C10H12N4S. The Balaban J connectivity index is 2.31. The summed E-state index contributed by atoms with van der Waals surface area (Å²) in [5.41, 5.74) is 1.85. The molecule has 0 unspecified atom stereocenters. The minimum atomic E-state index is 0.832. The summed E-state index contributed by atoms with van der Waals surface area (Å²) in [6.07, 6.45) is 3.51. The van der Waals surface area contributed by atoms with Crippen molar-refractivity contribution >= 4 is 17.2 Å². The first kappa shape index (κ1) is 10.0. The molecule has 78 valence electrons. The van der Waals surface area contributed by atoms with Crippen LogP contribution in [0.4, 0.5) is 5.82 Å². The molecule has 4 nitrogen and oxygen atoms in total. The molecule has 0 bridgehead atoms. The van der Waals surface area contributed by atoms with Crippen LogP contribution in [-0.2, 0) is 0 Å². The Bertz CT molecular complexity index is 447. The molecule has 0 aliphatic rings. The Kier molecular flexibility index (Phi) is 2.64. The molecule has 2 aromatic heterocycles. The lowest BCUT2D eigenvalue weighted by Crippen LogP contribution is -2.10. The highest BCUT2D eigenvalue weighted by Crippen LogP contribution is 2.21. The molecule has 0 amide bonds. The Morgan fingerprint density at radius 2 is 2.00 bits per heavy atom. The zero-order chi connectivity index (χ0) is 10.8. The van der Waals surface area contributed by atoms with Crippen LogP contribution in [0, 0.1) is 6.92 Å². The summed E-state index contributed by atoms with van der Waals surface area (Å²) >= 11 is 1.59. The van der Waals surface area contributed by atoms with Crippen molar-refractivity contribution in [2.45, 2.75) is 6.92 Å². The molecule has 0 spiro atoms. The number of aryl methyl sites for hydroxylation is 1. The van der Waals surface area contributed by atoms with E-state index < -0.39 is 0 Å². The standard InChI is InChI=1S/C10H12N4S/c1-7-6-15-10(13-7)8-4-12-9(5-11-8)14(2)3/h4-6H,1-3H3. The van der Waals surface area contributed by atoms with Crippen LogP contribution in [0.3, 0.4) is 0 Å². The van der Waals surface area contributed by atoms with Crippen LogP contribution in [0.25, 0.3) is 10.7 Å². The lowest BCUT2D eigenvalue weighted by atomic mass is 10.4. The zero-order valence-corrected chi connectivity index (χ0v) is 9.75. The van der Waals surface area contributed by atoms with Crippen LogP contribution >= 0.6 is 11.3 Å². The van der Waals surface area contributed by atoms with Crippen molar-refractivity contribution in [3.63, 3.8) is 0 Å². The van der Waals surface area contributed by atoms with Gasteiger partial charge in [0.1, 0.15) is 16.5 Å². The van der Waals surface area contributed by atoms with E-state index in [0.717, 1.165) is 22.2 Å². The molecule has 0 aliphatic carbocycles. The summed E-state index contributed by atoms with van der Waals surface area (Å²) in [7, 11) is 3.88. The van der Waals surface area contributed by atoms with Crippen LogP contribution in [0.1, 0.15) is 5.69 Å². The molecule has 0 aliphatic heterocycles. The molecule has 0 radical (unpaired) electrons. The van der Waals surface area contributed by atoms with Crippen molar-refractivity contribution in [1.29, 1.82) is 0 Å². The predicted octanol–water partition coefficient (Wildman–Crippen LogP) is 1.97. The highest BCUT2D eigenvalue weighted by atomic mass is 32.1. The van der Waals surface area contributed by atoms with Crippen molar-refractivity contribution in [2.75, 3.05) is 19.0 Å². The van der Waals surface area contributed by atoms with Gasteiger partial charge in [-0.1, -0.05) is 0 Å². The SMILES string of the molecule is Cc1csc(-c2cnc(N(C)C)cn2)n1. The van der Waals surface area contributed by atoms with Gasteiger partial charge in [0.25, 0.3) is 0 Å². The summed E-state index contributed by atoms with van der Waals surface area (Å²) in [5, 5.41) is 2.93. The molecule has 5 heteroatoms. The van der Waals surface area contributed by atoms with Gasteiger partial charge in [-0.2, -0.15) is 0 Å². The fourth-order valence-electron chi connectivity index (χ4n) is 1.13. The number of nitrogens with zero attached hydrogens (tertiary/aromatic N) is 4. The molecule has 15 heavy (non-hydrogen) atoms. The minimum Gasteiger partial charge on any atom is -0.361 e. The largest absolute Gasteiger partial charge is 0.361 e. The van der Waals surface area contributed by atoms with Crippen molar-refractivity contribution in [3.8, 4) is 10.7 Å². The van der Waals surface area contributed by atoms with Gasteiger partial charge >= 0.3 is 0 Å². The van der Waals surface area contributed by atoms with Gasteiger partial charge in [0.15, 0.2) is 0 Å². The third kappa shape index (κ3) is 2.12. The summed E-state index contributed by atoms with van der Waals surface area (Å²) in [6.45, 7) is 1.97. The number of thiazole rings is 1. The van der Waals surface area contributed by atoms with E-state index in [2.05, 4.69) is 15.0 Å². The molecule has 2 heterocycles. The maximum atomic E-state index is 4.36. The highest BCUT2D eigenvalue weighted by Gasteiger charge is 2.05. The van der Waals surface area contributed by atoms with Crippen LogP contribution < -0.4 is 4.90 Å². The molecule has 2 rings (SSSR count). The monoisotopic (exact) mass is 220 g/mol. The van der Waals surface area contributed by atoms with E-state index in [1.165, 1.54) is 0 Å². The predicted molar refractivity (Wildman–Crippen MR) is 62.2 cm³/mol. The van der Waals surface area contributed by atoms with Gasteiger partial charge in [-0.25, -0.2) is 15.0 Å². The number of hydrogen-bond acceptors (Lipinski definition) is 5. The Hall–Kier alpha value is -1.49. The average molecular weight is 220 g/mol. The molecule has 0 fully saturated rings. The van der Waals surface area contributed by atoms with E-state index in [1.807, 2.05) is 31.3 Å². The molecule has 0 saturated carbocycles. The topological polar surface area (TPSA) is 41.9 Å². The number of anilines is 1. The quantitative estimate of drug-likeness (QED) is 0.776. The van der Waals surface area contributed by atoms with Crippen molar-refractivity contribution in [3.05, 3.63) is 23.5 Å². The zero-order valence-electron chi connectivity index (χ0n) is 8.93. The minimum absolute atomic E-state index is 0.832. The van der Waals surface area contributed by atoms with E-state index in [9.17, 15) is 0 Å². The van der Waals surface area contributed by atoms with Gasteiger partial charge in [-0.05, 0) is 6.92 Å². The molecule has 0 aromatic carbocycles. The summed E-state index contributed by atoms with van der Waals surface area (Å²) in [5.74, 6) is 0.854. The lowest BCUT2D eigenvalue weighted by molar-refractivity contribution is 1.04. The van der Waals surface area contributed by atoms with E-state index >= 15 is 0 Å². The second kappa shape index (κ2) is 3.94. The number of aromatic nitrogens is 3. The lowest BCUT2D eigenvalue weighted by Gasteiger charge is -2.09. The fourth-order valence-corrected chi connectivity index (χ4v) is 1.89. The smallest absolute Gasteiger partial charge is 0.146 e. The number of rotatable bonds is 2. The van der Waals surface area contributed by atoms with Crippen molar-refractivity contribution < 1.29 is 0 Å². The van der Waals surface area contributed by atoms with Crippen LogP contribution in [0.2, 0.25) is 0 Å². The summed E-state index contributed by atoms with van der Waals surface area (Å²) in [4.78, 5) is 14.9. The maximum absolute atomic E-state index is 4.36. The van der Waals surface area contributed by atoms with Crippen LogP contribution in [0.15, 0.2) is 17.8 Å². The fraction of sp³-hybridized carbons (Fsp3) is 0.300. The first-order valence-corrected chi connectivity index (χ1v) is 5.46. The molecule has 2 aromatic rings. The summed E-state index contributed by atoms with van der Waals surface area (Å²) in [6, 6.07) is 0. The van der Waals surface area contributed by atoms with Gasteiger partial charge in [-0.15, -0.1) is 11.3 Å². The van der Waals surface area contributed by atoms with Crippen molar-refractivity contribution in [1.82, 2.24) is 15.0 Å². The molecule has 0 N–H and O–H groups in total. The number of hydrogen-bond donors (Lipinski definition) is 0. The second-order valence-corrected chi connectivity index (χ2v) is 4.31. The third-order valence-electron chi connectivity index (χ3n) is 1.93. The van der Waals surface area contributed by atoms with Gasteiger partial charge in [-0.3, -0.25) is 0 Å². The Morgan fingerprint density at radius 1 is 1.20 bits per heavy atom. The van der Waals surface area contributed by atoms with Crippen molar-refractivity contribution in [2.24, 2.45) is 0 Å². The third-order valence-corrected chi connectivity index (χ3v) is 2.92. The first-order chi connectivity index (χ1) is 7.16. The summed E-state index contributed by atoms with van der Waals surface area (Å²) < 4.78 is 0. The van der Waals surface area contributed by atoms with Gasteiger partial charge in [0.05, 0.1) is 12.4 Å². The Labute approximate surface area is 92.6 Å². The van der Waals surface area contributed by atoms with Gasteiger partial charge in [0, 0.05) is 25.2 Å². The average Bonchev–Trinajstić information content (AvgIpc) is 2.65. The second-order valence-electron chi connectivity index (χ2n) is 3.45. The van der Waals surface area contributed by atoms with Gasteiger partial charge in [0.2, 0.25) is 0 Å². The first-order valence-electron chi connectivity index (χ1n) is 4.58. The molecule has 0 saturated heterocycles. The van der Waals surface area contributed by atoms with Crippen LogP contribution in [0.5, 0.6) is 0 Å². The Morgan fingerprint density at radius 3 is 2.47 bits per heavy atom. The highest BCUT2D eigenvalue weighted by molar-refractivity contribution is 7.13. The molecule has 0 atom stereocenters. The van der Waals surface area contributed by atoms with E-state index in [-0.39, 0.29) is 0 Å². The van der Waals surface area contributed by atoms with E-state index in [1.54, 1.807) is 23.7 Å². The molecular weight excluding hydrogens is 208 g/mol. The maximum Gasteiger partial charge on any atom is 0.146 e. The van der Waals surface area contributed by atoms with Crippen LogP contribution in [-0.4, -0.2) is 29.0 Å². The normalized spacial score (nSPS) is 10.3. The van der Waals surface area contributed by atoms with E-state index in [4.69, 9.17) is 0 Å². The van der Waals surface area contributed by atoms with Gasteiger partial charge < -0.3 is 4.90 Å². The van der Waals surface area contributed by atoms with E-state index in [0.29, 0.717) is 0 Å².